The molecular formula is C46H40F5O8P. The van der Waals surface area contributed by atoms with Crippen LogP contribution in [0.25, 0.3) is 11.1 Å². The molecule has 1 unspecified atom stereocenters. The topological polar surface area (TPSA) is 73.8 Å². The van der Waals surface area contributed by atoms with Crippen LogP contribution < -0.4 is 39.6 Å². The van der Waals surface area contributed by atoms with Crippen molar-refractivity contribution in [3.05, 3.63) is 144 Å². The van der Waals surface area contributed by atoms with Crippen LogP contribution in [0.5, 0.6) is 40.2 Å². The van der Waals surface area contributed by atoms with Gasteiger partial charge in [-0.3, -0.25) is 0 Å². The molecule has 7 rings (SSSR count). The molecule has 1 atom stereocenters. The molecule has 1 heterocycles. The van der Waals surface area contributed by atoms with Crippen LogP contribution in [0.1, 0.15) is 18.9 Å². The third kappa shape index (κ3) is 8.76. The Kier molecular flexibility index (Phi) is 13.2. The Labute approximate surface area is 345 Å². The van der Waals surface area contributed by atoms with E-state index < -0.39 is 60.7 Å². The molecule has 0 saturated carbocycles. The lowest BCUT2D eigenvalue weighted by Gasteiger charge is -2.30. The quantitative estimate of drug-likeness (QED) is 0.0314. The van der Waals surface area contributed by atoms with Gasteiger partial charge >= 0.3 is 0 Å². The molecule has 1 saturated heterocycles. The number of aryl methyl sites for hydroxylation is 1. The second kappa shape index (κ2) is 18.7. The first-order valence-electron chi connectivity index (χ1n) is 18.8. The molecule has 0 amide bonds. The fourth-order valence-corrected chi connectivity index (χ4v) is 9.72. The normalized spacial score (nSPS) is 13.8. The maximum Gasteiger partial charge on any atom is 0.200 e. The second-order valence-corrected chi connectivity index (χ2v) is 15.6. The molecule has 14 heteroatoms. The Morgan fingerprint density at radius 3 is 1.58 bits per heavy atom. The first-order valence-corrected chi connectivity index (χ1v) is 20.1. The number of para-hydroxylation sites is 2. The van der Waals surface area contributed by atoms with E-state index in [1.54, 1.807) is 97.9 Å². The Morgan fingerprint density at radius 2 is 1.08 bits per heavy atom. The Balaban J connectivity index is 1.63. The summed E-state index contributed by atoms with van der Waals surface area (Å²) in [7, 11) is 2.06. The third-order valence-corrected chi connectivity index (χ3v) is 12.3. The van der Waals surface area contributed by atoms with Gasteiger partial charge in [0.25, 0.3) is 0 Å². The number of hydrogen-bond acceptors (Lipinski definition) is 8. The predicted octanol–water partition coefficient (Wildman–Crippen LogP) is 10.1. The Hall–Kier alpha value is -5.72. The summed E-state index contributed by atoms with van der Waals surface area (Å²) < 4.78 is 126. The molecule has 1 aliphatic heterocycles. The average molecular weight is 847 g/mol. The SMILES string of the molecule is COCOc1c(-c2c(F)c(F)c(F)c(F)c2F)cc(CCC2(C)OCCO2)cc1P(c1c(OC)cccc1OC)c1c(Oc2ccccc2)cccc1Oc1ccccc1. The van der Waals surface area contributed by atoms with E-state index in [0.29, 0.717) is 63.9 Å². The van der Waals surface area contributed by atoms with E-state index in [9.17, 15) is 4.39 Å². The highest BCUT2D eigenvalue weighted by Crippen LogP contribution is 2.51. The summed E-state index contributed by atoms with van der Waals surface area (Å²) >= 11 is 0. The monoisotopic (exact) mass is 846 g/mol. The summed E-state index contributed by atoms with van der Waals surface area (Å²) in [6.45, 7) is 1.97. The largest absolute Gasteiger partial charge is 0.496 e. The lowest BCUT2D eigenvalue weighted by molar-refractivity contribution is -0.146. The molecule has 0 aromatic heterocycles. The van der Waals surface area contributed by atoms with Gasteiger partial charge in [-0.15, -0.1) is 0 Å². The van der Waals surface area contributed by atoms with Gasteiger partial charge in [0, 0.05) is 32.3 Å². The van der Waals surface area contributed by atoms with Crippen molar-refractivity contribution in [2.75, 3.05) is 41.3 Å². The summed E-state index contributed by atoms with van der Waals surface area (Å²) in [5.74, 6) is -9.70. The van der Waals surface area contributed by atoms with Crippen LogP contribution in [-0.2, 0) is 20.6 Å². The highest BCUT2D eigenvalue weighted by Gasteiger charge is 2.37. The zero-order chi connectivity index (χ0) is 42.4. The number of hydrogen-bond donors (Lipinski definition) is 0. The van der Waals surface area contributed by atoms with E-state index in [0.717, 1.165) is 0 Å². The fraction of sp³-hybridized carbons (Fsp3) is 0.217. The van der Waals surface area contributed by atoms with E-state index in [1.807, 2.05) is 12.1 Å². The van der Waals surface area contributed by atoms with Crippen LogP contribution in [0.4, 0.5) is 22.0 Å². The van der Waals surface area contributed by atoms with Crippen LogP contribution in [0.2, 0.25) is 0 Å². The van der Waals surface area contributed by atoms with Crippen molar-refractivity contribution >= 4 is 23.8 Å². The summed E-state index contributed by atoms with van der Waals surface area (Å²) in [4.78, 5) is 0. The second-order valence-electron chi connectivity index (χ2n) is 13.6. The van der Waals surface area contributed by atoms with Gasteiger partial charge in [-0.2, -0.15) is 0 Å². The van der Waals surface area contributed by atoms with Gasteiger partial charge in [0.1, 0.15) is 40.2 Å². The minimum absolute atomic E-state index is 0.165. The molecule has 6 aromatic carbocycles. The smallest absolute Gasteiger partial charge is 0.200 e. The van der Waals surface area contributed by atoms with Gasteiger partial charge in [-0.25, -0.2) is 22.0 Å². The van der Waals surface area contributed by atoms with E-state index in [-0.39, 0.29) is 23.9 Å². The molecule has 0 bridgehead atoms. The minimum Gasteiger partial charge on any atom is -0.496 e. The molecule has 0 N–H and O–H groups in total. The molecule has 8 nitrogen and oxygen atoms in total. The highest BCUT2D eigenvalue weighted by atomic mass is 31.1. The van der Waals surface area contributed by atoms with Gasteiger partial charge < -0.3 is 37.9 Å². The van der Waals surface area contributed by atoms with E-state index in [4.69, 9.17) is 37.9 Å². The zero-order valence-electron chi connectivity index (χ0n) is 33.0. The number of halogens is 5. The number of methoxy groups -OCH3 is 3. The van der Waals surface area contributed by atoms with E-state index in [2.05, 4.69) is 0 Å². The first kappa shape index (κ1) is 42.4. The molecule has 6 aromatic rings. The van der Waals surface area contributed by atoms with Gasteiger partial charge in [0.05, 0.1) is 43.6 Å². The first-order chi connectivity index (χ1) is 29.1. The van der Waals surface area contributed by atoms with Crippen molar-refractivity contribution in [3.8, 4) is 51.4 Å². The summed E-state index contributed by atoms with van der Waals surface area (Å²) in [6.07, 6.45) is 0.422. The Bertz CT molecular complexity index is 2340. The van der Waals surface area contributed by atoms with Crippen LogP contribution in [0.3, 0.4) is 0 Å². The van der Waals surface area contributed by atoms with Crippen LogP contribution in [0.15, 0.2) is 109 Å². The molecule has 1 fully saturated rings. The van der Waals surface area contributed by atoms with Crippen molar-refractivity contribution < 1.29 is 59.8 Å². The summed E-state index contributed by atoms with van der Waals surface area (Å²) in [5, 5.41) is 1.10. The van der Waals surface area contributed by atoms with Gasteiger partial charge in [-0.05, 0) is 79.6 Å². The molecule has 0 spiro atoms. The van der Waals surface area contributed by atoms with Crippen molar-refractivity contribution in [2.24, 2.45) is 0 Å². The standard InChI is InChI=1S/C46H40F5O8P/c1-46(56-23-24-57-46)22-21-28-25-31(37-38(47)40(49)42(51)41(50)39(37)48)43(55-27-52-2)36(26-28)60(44-32(53-3)17-11-18-33(44)54-4)45-34(58-29-13-7-5-8-14-29)19-12-20-35(45)59-30-15-9-6-10-16-30/h5-20,25-26H,21-24,27H2,1-4H3. The van der Waals surface area contributed by atoms with Crippen LogP contribution in [0, 0.1) is 29.1 Å². The molecule has 60 heavy (non-hydrogen) atoms. The molecule has 0 radical (unpaired) electrons. The number of benzene rings is 6. The van der Waals surface area contributed by atoms with Crippen molar-refractivity contribution in [2.45, 2.75) is 25.6 Å². The number of rotatable bonds is 16. The fourth-order valence-electron chi connectivity index (χ4n) is 6.87. The minimum atomic E-state index is -2.30. The maximum atomic E-state index is 16.1. The molecular weight excluding hydrogens is 806 g/mol. The van der Waals surface area contributed by atoms with Crippen LogP contribution >= 0.6 is 7.92 Å². The van der Waals surface area contributed by atoms with Crippen molar-refractivity contribution in [3.63, 3.8) is 0 Å². The van der Waals surface area contributed by atoms with Gasteiger partial charge in [0.2, 0.25) is 5.82 Å². The van der Waals surface area contributed by atoms with E-state index >= 15 is 17.6 Å². The van der Waals surface area contributed by atoms with Gasteiger partial charge in [-0.1, -0.05) is 48.5 Å². The van der Waals surface area contributed by atoms with Crippen LogP contribution in [-0.4, -0.2) is 47.1 Å². The van der Waals surface area contributed by atoms with Crippen molar-refractivity contribution in [1.29, 1.82) is 0 Å². The lowest BCUT2D eigenvalue weighted by atomic mass is 9.97. The summed E-state index contributed by atoms with van der Waals surface area (Å²) in [6, 6.07) is 31.4. The zero-order valence-corrected chi connectivity index (χ0v) is 33.9. The average Bonchev–Trinajstić information content (AvgIpc) is 3.71. The predicted molar refractivity (Wildman–Crippen MR) is 218 cm³/mol. The highest BCUT2D eigenvalue weighted by molar-refractivity contribution is 7.80. The molecule has 1 aliphatic rings. The molecule has 312 valence electrons. The Morgan fingerprint density at radius 1 is 0.600 bits per heavy atom. The third-order valence-electron chi connectivity index (χ3n) is 9.69. The molecule has 0 aliphatic carbocycles. The number of ether oxygens (including phenoxy) is 8. The van der Waals surface area contributed by atoms with Gasteiger partial charge in [0.15, 0.2) is 35.8 Å². The van der Waals surface area contributed by atoms with E-state index in [1.165, 1.54) is 27.4 Å². The van der Waals surface area contributed by atoms with Crippen molar-refractivity contribution in [1.82, 2.24) is 0 Å². The summed E-state index contributed by atoms with van der Waals surface area (Å²) in [5.41, 5.74) is -1.21. The maximum absolute atomic E-state index is 16.1. The lowest BCUT2D eigenvalue weighted by Crippen LogP contribution is -2.28.